The number of carboxylic acid groups (broad SMARTS) is 1. The first-order valence-electron chi connectivity index (χ1n) is 8.92. The van der Waals surface area contributed by atoms with Crippen LogP contribution in [0.4, 0.5) is 0 Å². The third-order valence-corrected chi connectivity index (χ3v) is 5.06. The third kappa shape index (κ3) is 3.32. The maximum atomic E-state index is 11.2. The smallest absolute Gasteiger partial charge is 0.335 e. The van der Waals surface area contributed by atoms with E-state index in [9.17, 15) is 9.90 Å². The van der Waals surface area contributed by atoms with E-state index < -0.39 is 5.97 Å². The summed E-state index contributed by atoms with van der Waals surface area (Å²) >= 11 is 6.07. The molecule has 0 saturated heterocycles. The third-order valence-electron chi connectivity index (χ3n) is 4.80. The van der Waals surface area contributed by atoms with Gasteiger partial charge in [0, 0.05) is 10.7 Å². The highest BCUT2D eigenvalue weighted by atomic mass is 35.5. The molecule has 3 nitrogen and oxygen atoms in total. The second-order valence-corrected chi connectivity index (χ2v) is 7.05. The van der Waals surface area contributed by atoms with E-state index in [1.54, 1.807) is 12.1 Å². The van der Waals surface area contributed by atoms with Gasteiger partial charge in [0.15, 0.2) is 0 Å². The fourth-order valence-corrected chi connectivity index (χ4v) is 3.49. The fourth-order valence-electron chi connectivity index (χ4n) is 3.37. The SMILES string of the molecule is Cc1ccccc1-n1c(-c2ccc(Cl)cc2)ccc1-c1ccc(C(=O)O)cc1. The number of nitrogens with zero attached hydrogens (tertiary/aromatic N) is 1. The maximum absolute atomic E-state index is 11.2. The number of aromatic nitrogens is 1. The zero-order valence-electron chi connectivity index (χ0n) is 15.3. The van der Waals surface area contributed by atoms with Crippen LogP contribution in [0, 0.1) is 6.92 Å². The maximum Gasteiger partial charge on any atom is 0.335 e. The lowest BCUT2D eigenvalue weighted by atomic mass is 10.1. The van der Waals surface area contributed by atoms with Crippen LogP contribution in [-0.4, -0.2) is 15.6 Å². The summed E-state index contributed by atoms with van der Waals surface area (Å²) in [6.07, 6.45) is 0. The molecule has 0 bridgehead atoms. The molecule has 4 rings (SSSR count). The van der Waals surface area contributed by atoms with Gasteiger partial charge in [0.2, 0.25) is 0 Å². The Morgan fingerprint density at radius 2 is 1.32 bits per heavy atom. The quantitative estimate of drug-likeness (QED) is 0.436. The van der Waals surface area contributed by atoms with Crippen LogP contribution in [-0.2, 0) is 0 Å². The van der Waals surface area contributed by atoms with Gasteiger partial charge in [-0.1, -0.05) is 54.1 Å². The number of halogens is 1. The minimum atomic E-state index is -0.928. The van der Waals surface area contributed by atoms with Crippen molar-refractivity contribution in [2.24, 2.45) is 0 Å². The molecule has 0 amide bonds. The van der Waals surface area contributed by atoms with Crippen molar-refractivity contribution >= 4 is 17.6 Å². The van der Waals surface area contributed by atoms with Crippen LogP contribution in [0.15, 0.2) is 84.9 Å². The molecule has 0 radical (unpaired) electrons. The molecule has 4 heteroatoms. The van der Waals surface area contributed by atoms with Crippen LogP contribution >= 0.6 is 11.6 Å². The van der Waals surface area contributed by atoms with Crippen molar-refractivity contribution in [2.45, 2.75) is 6.92 Å². The van der Waals surface area contributed by atoms with Gasteiger partial charge >= 0.3 is 5.97 Å². The first kappa shape index (κ1) is 18.1. The average molecular weight is 388 g/mol. The van der Waals surface area contributed by atoms with Crippen molar-refractivity contribution in [1.29, 1.82) is 0 Å². The van der Waals surface area contributed by atoms with E-state index in [1.807, 2.05) is 48.5 Å². The molecule has 0 aliphatic carbocycles. The largest absolute Gasteiger partial charge is 0.478 e. The molecule has 1 aromatic heterocycles. The van der Waals surface area contributed by atoms with Crippen molar-refractivity contribution in [3.8, 4) is 28.2 Å². The van der Waals surface area contributed by atoms with Gasteiger partial charge in [-0.3, -0.25) is 0 Å². The van der Waals surface area contributed by atoms with E-state index in [4.69, 9.17) is 11.6 Å². The van der Waals surface area contributed by atoms with Crippen molar-refractivity contribution in [3.05, 3.63) is 101 Å². The van der Waals surface area contributed by atoms with E-state index in [0.717, 1.165) is 33.8 Å². The first-order valence-corrected chi connectivity index (χ1v) is 9.30. The lowest BCUT2D eigenvalue weighted by Crippen LogP contribution is -2.02. The van der Waals surface area contributed by atoms with Crippen molar-refractivity contribution in [2.75, 3.05) is 0 Å². The Kier molecular flexibility index (Phi) is 4.76. The molecule has 3 aromatic carbocycles. The van der Waals surface area contributed by atoms with Gasteiger partial charge in [-0.15, -0.1) is 0 Å². The summed E-state index contributed by atoms with van der Waals surface area (Å²) in [6.45, 7) is 2.08. The monoisotopic (exact) mass is 387 g/mol. The molecule has 0 unspecified atom stereocenters. The molecule has 0 aliphatic heterocycles. The van der Waals surface area contributed by atoms with Gasteiger partial charge in [0.25, 0.3) is 0 Å². The normalized spacial score (nSPS) is 10.8. The topological polar surface area (TPSA) is 42.2 Å². The number of para-hydroxylation sites is 1. The van der Waals surface area contributed by atoms with Crippen molar-refractivity contribution in [3.63, 3.8) is 0 Å². The molecule has 28 heavy (non-hydrogen) atoms. The zero-order chi connectivity index (χ0) is 19.7. The predicted octanol–water partition coefficient (Wildman–Crippen LogP) is 6.47. The van der Waals surface area contributed by atoms with Gasteiger partial charge in [-0.05, 0) is 66.1 Å². The lowest BCUT2D eigenvalue weighted by Gasteiger charge is -2.16. The molecule has 1 N–H and O–H groups in total. The second kappa shape index (κ2) is 7.37. The van der Waals surface area contributed by atoms with E-state index >= 15 is 0 Å². The summed E-state index contributed by atoms with van der Waals surface area (Å²) in [7, 11) is 0. The molecular formula is C24H18ClNO2. The Bertz CT molecular complexity index is 1140. The number of carboxylic acids is 1. The van der Waals surface area contributed by atoms with Crippen molar-refractivity contribution < 1.29 is 9.90 Å². The predicted molar refractivity (Wildman–Crippen MR) is 113 cm³/mol. The number of aryl methyl sites for hydroxylation is 1. The van der Waals surface area contributed by atoms with Crippen LogP contribution in [0.3, 0.4) is 0 Å². The number of benzene rings is 3. The molecule has 0 atom stereocenters. The number of hydrogen-bond acceptors (Lipinski definition) is 1. The average Bonchev–Trinajstić information content (AvgIpc) is 3.14. The van der Waals surface area contributed by atoms with Gasteiger partial charge in [0.05, 0.1) is 17.0 Å². The molecule has 1 heterocycles. The summed E-state index contributed by atoms with van der Waals surface area (Å²) in [5.41, 5.74) is 6.55. The summed E-state index contributed by atoms with van der Waals surface area (Å²) in [5, 5.41) is 9.87. The highest BCUT2D eigenvalue weighted by Gasteiger charge is 2.15. The molecular weight excluding hydrogens is 370 g/mol. The first-order chi connectivity index (χ1) is 13.5. The van der Waals surface area contributed by atoms with Crippen LogP contribution in [0.25, 0.3) is 28.2 Å². The summed E-state index contributed by atoms with van der Waals surface area (Å²) < 4.78 is 2.20. The molecule has 0 spiro atoms. The fraction of sp³-hybridized carbons (Fsp3) is 0.0417. The second-order valence-electron chi connectivity index (χ2n) is 6.62. The van der Waals surface area contributed by atoms with Gasteiger partial charge in [-0.25, -0.2) is 4.79 Å². The Morgan fingerprint density at radius 3 is 1.86 bits per heavy atom. The van der Waals surface area contributed by atoms with Crippen LogP contribution in [0.1, 0.15) is 15.9 Å². The summed E-state index contributed by atoms with van der Waals surface area (Å²) in [4.78, 5) is 11.2. The molecule has 0 saturated carbocycles. The number of aromatic carboxylic acids is 1. The Hall–Kier alpha value is -3.30. The summed E-state index contributed by atoms with van der Waals surface area (Å²) in [6, 6.07) is 27.1. The van der Waals surface area contributed by atoms with Gasteiger partial charge < -0.3 is 9.67 Å². The Balaban J connectivity index is 1.93. The highest BCUT2D eigenvalue weighted by molar-refractivity contribution is 6.30. The van der Waals surface area contributed by atoms with Gasteiger partial charge in [0.1, 0.15) is 0 Å². The summed E-state index contributed by atoms with van der Waals surface area (Å²) in [5.74, 6) is -0.928. The van der Waals surface area contributed by atoms with Crippen LogP contribution in [0.5, 0.6) is 0 Å². The number of hydrogen-bond donors (Lipinski definition) is 1. The Labute approximate surface area is 168 Å². The highest BCUT2D eigenvalue weighted by Crippen LogP contribution is 2.34. The van der Waals surface area contributed by atoms with Crippen LogP contribution in [0.2, 0.25) is 5.02 Å². The number of carbonyl (C=O) groups is 1. The molecule has 138 valence electrons. The van der Waals surface area contributed by atoms with Gasteiger partial charge in [-0.2, -0.15) is 0 Å². The Morgan fingerprint density at radius 1 is 0.786 bits per heavy atom. The van der Waals surface area contributed by atoms with Crippen LogP contribution < -0.4 is 0 Å². The minimum Gasteiger partial charge on any atom is -0.478 e. The molecule has 0 aliphatic rings. The van der Waals surface area contributed by atoms with E-state index in [1.165, 1.54) is 0 Å². The standard InChI is InChI=1S/C24H18ClNO2/c1-16-4-2-3-5-21(16)26-22(17-6-8-19(9-7-17)24(27)28)14-15-23(26)18-10-12-20(25)13-11-18/h2-15H,1H3,(H,27,28). The van der Waals surface area contributed by atoms with E-state index in [2.05, 4.69) is 35.8 Å². The number of rotatable bonds is 4. The molecule has 0 fully saturated rings. The minimum absolute atomic E-state index is 0.274. The van der Waals surface area contributed by atoms with E-state index in [-0.39, 0.29) is 5.56 Å². The van der Waals surface area contributed by atoms with Crippen molar-refractivity contribution in [1.82, 2.24) is 4.57 Å². The van der Waals surface area contributed by atoms with E-state index in [0.29, 0.717) is 5.02 Å². The lowest BCUT2D eigenvalue weighted by molar-refractivity contribution is 0.0697. The zero-order valence-corrected chi connectivity index (χ0v) is 16.0. The molecule has 4 aromatic rings.